The van der Waals surface area contributed by atoms with Gasteiger partial charge in [0.1, 0.15) is 10.6 Å². The molecule has 1 aromatic carbocycles. The highest BCUT2D eigenvalue weighted by Crippen LogP contribution is 2.42. The van der Waals surface area contributed by atoms with Gasteiger partial charge in [0, 0.05) is 17.3 Å². The number of hydrogen-bond acceptors (Lipinski definition) is 7. The number of benzene rings is 1. The maximum Gasteiger partial charge on any atom is 0.163 e. The van der Waals surface area contributed by atoms with Gasteiger partial charge in [-0.15, -0.1) is 0 Å². The zero-order chi connectivity index (χ0) is 14.3. The van der Waals surface area contributed by atoms with E-state index in [-0.39, 0.29) is 5.56 Å². The summed E-state index contributed by atoms with van der Waals surface area (Å²) in [6.45, 7) is 1.19. The molecule has 20 heavy (non-hydrogen) atoms. The normalized spacial score (nSPS) is 15.5. The van der Waals surface area contributed by atoms with Gasteiger partial charge in [0.2, 0.25) is 0 Å². The van der Waals surface area contributed by atoms with Gasteiger partial charge >= 0.3 is 0 Å². The van der Waals surface area contributed by atoms with Crippen molar-refractivity contribution in [3.63, 3.8) is 0 Å². The van der Waals surface area contributed by atoms with Crippen LogP contribution in [0.1, 0.15) is 12.5 Å². The first-order valence-corrected chi connectivity index (χ1v) is 6.64. The van der Waals surface area contributed by atoms with Crippen LogP contribution in [0.4, 0.5) is 11.5 Å². The standard InChI is InChI=1S/C13H11N3O3S/c1-13(19,12(17)18)7-2-3-9-8(6-7)16-10-11(20-9)15-5-4-14-10/h2-6,19H,1H3,(H,14,16)(H,17,18)/p-1. The molecule has 1 atom stereocenters. The van der Waals surface area contributed by atoms with Gasteiger partial charge in [-0.2, -0.15) is 0 Å². The maximum atomic E-state index is 11.0. The quantitative estimate of drug-likeness (QED) is 0.714. The summed E-state index contributed by atoms with van der Waals surface area (Å²) in [5.74, 6) is -0.934. The smallest absolute Gasteiger partial charge is 0.163 e. The van der Waals surface area contributed by atoms with E-state index in [1.807, 2.05) is 0 Å². The van der Waals surface area contributed by atoms with Crippen molar-refractivity contribution in [1.29, 1.82) is 0 Å². The van der Waals surface area contributed by atoms with Crippen LogP contribution in [0.5, 0.6) is 0 Å². The highest BCUT2D eigenvalue weighted by atomic mass is 32.2. The summed E-state index contributed by atoms with van der Waals surface area (Å²) >= 11 is 1.43. The Balaban J connectivity index is 2.02. The molecule has 1 aliphatic heterocycles. The lowest BCUT2D eigenvalue weighted by atomic mass is 9.96. The van der Waals surface area contributed by atoms with Crippen molar-refractivity contribution in [2.45, 2.75) is 22.4 Å². The van der Waals surface area contributed by atoms with Crippen LogP contribution in [0.15, 0.2) is 40.5 Å². The Morgan fingerprint density at radius 2 is 2.15 bits per heavy atom. The van der Waals surface area contributed by atoms with Crippen LogP contribution in [0, 0.1) is 0 Å². The number of anilines is 2. The molecule has 6 nitrogen and oxygen atoms in total. The first kappa shape index (κ1) is 12.9. The van der Waals surface area contributed by atoms with Crippen molar-refractivity contribution >= 4 is 29.2 Å². The molecule has 1 aromatic heterocycles. The van der Waals surface area contributed by atoms with Crippen molar-refractivity contribution in [3.8, 4) is 0 Å². The van der Waals surface area contributed by atoms with Crippen LogP contribution < -0.4 is 10.4 Å². The highest BCUT2D eigenvalue weighted by Gasteiger charge is 2.27. The summed E-state index contributed by atoms with van der Waals surface area (Å²) in [6.07, 6.45) is 3.17. The molecule has 3 rings (SSSR count). The molecule has 2 heterocycles. The third-order valence-electron chi connectivity index (χ3n) is 3.06. The second kappa shape index (κ2) is 4.46. The number of aliphatic hydroxyl groups is 1. The number of fused-ring (bicyclic) bond motifs is 2. The predicted octanol–water partition coefficient (Wildman–Crippen LogP) is 0.642. The predicted molar refractivity (Wildman–Crippen MR) is 70.5 cm³/mol. The number of nitrogens with zero attached hydrogens (tertiary/aromatic N) is 2. The van der Waals surface area contributed by atoms with Crippen LogP contribution in [-0.4, -0.2) is 21.0 Å². The van der Waals surface area contributed by atoms with Gasteiger partial charge in [-0.05, 0) is 24.6 Å². The fraction of sp³-hybridized carbons (Fsp3) is 0.154. The van der Waals surface area contributed by atoms with Gasteiger partial charge in [-0.3, -0.25) is 0 Å². The molecule has 0 saturated carbocycles. The molecule has 7 heteroatoms. The van der Waals surface area contributed by atoms with Crippen molar-refractivity contribution in [3.05, 3.63) is 36.2 Å². The minimum Gasteiger partial charge on any atom is -0.547 e. The molecule has 1 unspecified atom stereocenters. The molecule has 0 amide bonds. The Bertz CT molecular complexity index is 703. The summed E-state index contributed by atoms with van der Waals surface area (Å²) in [7, 11) is 0. The van der Waals surface area contributed by atoms with E-state index in [1.165, 1.54) is 18.7 Å². The number of carboxylic acid groups (broad SMARTS) is 1. The van der Waals surface area contributed by atoms with Crippen molar-refractivity contribution in [1.82, 2.24) is 9.97 Å². The van der Waals surface area contributed by atoms with E-state index < -0.39 is 11.6 Å². The molecule has 0 saturated heterocycles. The molecular formula is C13H10N3O3S-. The summed E-state index contributed by atoms with van der Waals surface area (Å²) in [5, 5.41) is 24.7. The van der Waals surface area contributed by atoms with Gasteiger partial charge < -0.3 is 20.3 Å². The zero-order valence-electron chi connectivity index (χ0n) is 10.5. The average molecular weight is 288 g/mol. The fourth-order valence-electron chi connectivity index (χ4n) is 1.85. The SMILES string of the molecule is CC(O)(C(=O)[O-])c1ccc2c(c1)Nc1nccnc1S2. The second-order valence-corrected chi connectivity index (χ2v) is 5.54. The Morgan fingerprint density at radius 1 is 1.40 bits per heavy atom. The van der Waals surface area contributed by atoms with Crippen molar-refractivity contribution < 1.29 is 15.0 Å². The molecular weight excluding hydrogens is 278 g/mol. The number of carbonyl (C=O) groups is 1. The summed E-state index contributed by atoms with van der Waals surface area (Å²) < 4.78 is 0. The monoisotopic (exact) mass is 288 g/mol. The Hall–Kier alpha value is -2.12. The Labute approximate surface area is 118 Å². The molecule has 0 radical (unpaired) electrons. The highest BCUT2D eigenvalue weighted by molar-refractivity contribution is 7.99. The lowest BCUT2D eigenvalue weighted by Gasteiger charge is -2.27. The molecule has 0 spiro atoms. The number of nitrogens with one attached hydrogen (secondary N) is 1. The van der Waals surface area contributed by atoms with E-state index in [0.717, 1.165) is 9.92 Å². The molecule has 0 bridgehead atoms. The van der Waals surface area contributed by atoms with E-state index in [4.69, 9.17) is 0 Å². The topological polar surface area (TPSA) is 98.2 Å². The number of hydrogen-bond donors (Lipinski definition) is 2. The third kappa shape index (κ3) is 2.00. The van der Waals surface area contributed by atoms with Crippen LogP contribution >= 0.6 is 11.8 Å². The van der Waals surface area contributed by atoms with Crippen LogP contribution in [-0.2, 0) is 10.4 Å². The van der Waals surface area contributed by atoms with Gasteiger partial charge in [-0.25, -0.2) is 9.97 Å². The lowest BCUT2D eigenvalue weighted by Crippen LogP contribution is -2.43. The summed E-state index contributed by atoms with van der Waals surface area (Å²) in [6, 6.07) is 4.87. The van der Waals surface area contributed by atoms with E-state index in [1.54, 1.807) is 30.6 Å². The number of aromatic nitrogens is 2. The number of carboxylic acids is 1. The Kier molecular flexibility index (Phi) is 2.88. The third-order valence-corrected chi connectivity index (χ3v) is 4.13. The molecule has 0 fully saturated rings. The second-order valence-electron chi connectivity index (χ2n) is 4.51. The van der Waals surface area contributed by atoms with Gasteiger partial charge in [0.15, 0.2) is 5.82 Å². The molecule has 1 aliphatic rings. The lowest BCUT2D eigenvalue weighted by molar-refractivity contribution is -0.324. The van der Waals surface area contributed by atoms with Crippen molar-refractivity contribution in [2.24, 2.45) is 0 Å². The first-order chi connectivity index (χ1) is 9.48. The fourth-order valence-corrected chi connectivity index (χ4v) is 2.73. The van der Waals surface area contributed by atoms with Gasteiger partial charge in [-0.1, -0.05) is 17.8 Å². The number of rotatable bonds is 2. The van der Waals surface area contributed by atoms with Gasteiger partial charge in [0.25, 0.3) is 0 Å². The molecule has 0 aliphatic carbocycles. The molecule has 102 valence electrons. The minimum absolute atomic E-state index is 0.247. The van der Waals surface area contributed by atoms with Crippen molar-refractivity contribution in [2.75, 3.05) is 5.32 Å². The van der Waals surface area contributed by atoms with E-state index in [2.05, 4.69) is 15.3 Å². The average Bonchev–Trinajstić information content (AvgIpc) is 2.44. The minimum atomic E-state index is -2.04. The van der Waals surface area contributed by atoms with Crippen LogP contribution in [0.3, 0.4) is 0 Å². The number of aliphatic carboxylic acids is 1. The zero-order valence-corrected chi connectivity index (χ0v) is 11.3. The van der Waals surface area contributed by atoms with E-state index in [0.29, 0.717) is 11.5 Å². The van der Waals surface area contributed by atoms with E-state index in [9.17, 15) is 15.0 Å². The van der Waals surface area contributed by atoms with Crippen LogP contribution in [0.25, 0.3) is 0 Å². The summed E-state index contributed by atoms with van der Waals surface area (Å²) in [4.78, 5) is 20.2. The largest absolute Gasteiger partial charge is 0.547 e. The first-order valence-electron chi connectivity index (χ1n) is 5.83. The van der Waals surface area contributed by atoms with E-state index >= 15 is 0 Å². The Morgan fingerprint density at radius 3 is 2.90 bits per heavy atom. The molecule has 2 N–H and O–H groups in total. The van der Waals surface area contributed by atoms with Gasteiger partial charge in [0.05, 0.1) is 11.7 Å². The molecule has 2 aromatic rings. The van der Waals surface area contributed by atoms with Crippen LogP contribution in [0.2, 0.25) is 0 Å². The number of carbonyl (C=O) groups excluding carboxylic acids is 1. The summed E-state index contributed by atoms with van der Waals surface area (Å²) in [5.41, 5.74) is -1.11. The maximum absolute atomic E-state index is 11.0.